The van der Waals surface area contributed by atoms with E-state index in [-0.39, 0.29) is 11.7 Å². The van der Waals surface area contributed by atoms with Crippen LogP contribution in [0.5, 0.6) is 0 Å². The molecular weight excluding hydrogens is 338 g/mol. The number of benzene rings is 1. The third-order valence-electron chi connectivity index (χ3n) is 4.66. The minimum Gasteiger partial charge on any atom is -0.444 e. The molecule has 26 heavy (non-hydrogen) atoms. The van der Waals surface area contributed by atoms with Gasteiger partial charge in [-0.15, -0.1) is 0 Å². The van der Waals surface area contributed by atoms with E-state index in [9.17, 15) is 13.6 Å². The first-order chi connectivity index (χ1) is 12.2. The van der Waals surface area contributed by atoms with E-state index in [0.29, 0.717) is 25.1 Å². The Morgan fingerprint density at radius 2 is 2.04 bits per heavy atom. The van der Waals surface area contributed by atoms with Gasteiger partial charge in [-0.2, -0.15) is 0 Å². The van der Waals surface area contributed by atoms with Crippen molar-refractivity contribution in [3.8, 4) is 0 Å². The summed E-state index contributed by atoms with van der Waals surface area (Å²) in [7, 11) is 0. The number of aryl methyl sites for hydroxylation is 1. The second-order valence-electron chi connectivity index (χ2n) is 7.83. The number of hydrogen-bond acceptors (Lipinski definition) is 3. The maximum atomic E-state index is 13.6. The predicted molar refractivity (Wildman–Crippen MR) is 98.6 cm³/mol. The van der Waals surface area contributed by atoms with Gasteiger partial charge in [-0.25, -0.2) is 13.6 Å². The summed E-state index contributed by atoms with van der Waals surface area (Å²) < 4.78 is 32.6. The number of amides is 1. The van der Waals surface area contributed by atoms with Crippen LogP contribution in [-0.2, 0) is 11.2 Å². The highest BCUT2D eigenvalue weighted by Crippen LogP contribution is 2.36. The molecule has 0 aromatic heterocycles. The summed E-state index contributed by atoms with van der Waals surface area (Å²) >= 11 is 0. The van der Waals surface area contributed by atoms with Crippen LogP contribution in [-0.4, -0.2) is 36.2 Å². The van der Waals surface area contributed by atoms with Gasteiger partial charge in [-0.1, -0.05) is 6.08 Å². The minimum absolute atomic E-state index is 0.0649. The molecule has 2 heterocycles. The van der Waals surface area contributed by atoms with Gasteiger partial charge in [0, 0.05) is 30.9 Å². The van der Waals surface area contributed by atoms with Gasteiger partial charge >= 0.3 is 6.09 Å². The van der Waals surface area contributed by atoms with E-state index < -0.39 is 12.0 Å². The number of nitrogens with one attached hydrogen (secondary N) is 1. The highest BCUT2D eigenvalue weighted by atomic mass is 19.3. The zero-order valence-electron chi connectivity index (χ0n) is 15.6. The highest BCUT2D eigenvalue weighted by Gasteiger charge is 2.26. The van der Waals surface area contributed by atoms with E-state index in [1.165, 1.54) is 0 Å². The Kier molecular flexibility index (Phi) is 5.21. The van der Waals surface area contributed by atoms with Crippen molar-refractivity contribution >= 4 is 17.4 Å². The average Bonchev–Trinajstić information content (AvgIpc) is 2.59. The topological polar surface area (TPSA) is 41.6 Å². The first kappa shape index (κ1) is 18.7. The molecule has 1 aromatic rings. The molecule has 3 rings (SSSR count). The fourth-order valence-electron chi connectivity index (χ4n) is 3.40. The molecule has 142 valence electrons. The largest absolute Gasteiger partial charge is 0.444 e. The molecular formula is C20H26F2N2O2. The Bertz CT molecular complexity index is 723. The summed E-state index contributed by atoms with van der Waals surface area (Å²) in [5.41, 5.74) is 2.93. The number of carbonyl (C=O) groups is 1. The van der Waals surface area contributed by atoms with Crippen molar-refractivity contribution in [2.45, 2.75) is 52.1 Å². The molecule has 0 spiro atoms. The molecule has 6 heteroatoms. The number of anilines is 1. The first-order valence-electron chi connectivity index (χ1n) is 9.11. The third kappa shape index (κ3) is 4.17. The molecule has 1 aromatic carbocycles. The van der Waals surface area contributed by atoms with Gasteiger partial charge in [0.2, 0.25) is 0 Å². The van der Waals surface area contributed by atoms with E-state index in [1.807, 2.05) is 32.9 Å². The lowest BCUT2D eigenvalue weighted by Gasteiger charge is -2.30. The number of rotatable bonds is 2. The van der Waals surface area contributed by atoms with Crippen LogP contribution in [0.4, 0.5) is 19.3 Å². The lowest BCUT2D eigenvalue weighted by atomic mass is 9.90. The molecule has 0 atom stereocenters. The summed E-state index contributed by atoms with van der Waals surface area (Å²) in [6.07, 6.45) is 1.44. The number of nitrogens with zero attached hydrogens (tertiary/aromatic N) is 1. The van der Waals surface area contributed by atoms with Crippen LogP contribution in [0.2, 0.25) is 0 Å². The van der Waals surface area contributed by atoms with Crippen molar-refractivity contribution in [1.82, 2.24) is 4.90 Å². The average molecular weight is 364 g/mol. The van der Waals surface area contributed by atoms with Crippen molar-refractivity contribution < 1.29 is 18.3 Å². The van der Waals surface area contributed by atoms with E-state index in [4.69, 9.17) is 4.74 Å². The van der Waals surface area contributed by atoms with Gasteiger partial charge < -0.3 is 15.0 Å². The first-order valence-corrected chi connectivity index (χ1v) is 9.11. The van der Waals surface area contributed by atoms with Gasteiger partial charge in [-0.05, 0) is 68.9 Å². The van der Waals surface area contributed by atoms with E-state index in [1.54, 1.807) is 11.0 Å². The number of hydrogen-bond donors (Lipinski definition) is 1. The van der Waals surface area contributed by atoms with Crippen LogP contribution in [0.15, 0.2) is 18.2 Å². The number of fused-ring (bicyclic) bond motifs is 1. The molecule has 0 saturated heterocycles. The summed E-state index contributed by atoms with van der Waals surface area (Å²) in [5.74, 6) is 0. The lowest BCUT2D eigenvalue weighted by Crippen LogP contribution is -2.39. The summed E-state index contributed by atoms with van der Waals surface area (Å²) in [6, 6.07) is 3.49. The monoisotopic (exact) mass is 364 g/mol. The predicted octanol–water partition coefficient (Wildman–Crippen LogP) is 5.01. The smallest absolute Gasteiger partial charge is 0.410 e. The molecule has 1 amide bonds. The molecule has 4 nitrogen and oxygen atoms in total. The Labute approximate surface area is 153 Å². The number of halogens is 2. The van der Waals surface area contributed by atoms with Gasteiger partial charge in [0.1, 0.15) is 5.60 Å². The van der Waals surface area contributed by atoms with Gasteiger partial charge in [-0.3, -0.25) is 0 Å². The number of carbonyl (C=O) groups excluding carboxylic acids is 1. The molecule has 0 saturated carbocycles. The number of ether oxygens (including phenoxy) is 1. The van der Waals surface area contributed by atoms with Gasteiger partial charge in [0.15, 0.2) is 0 Å². The fourth-order valence-corrected chi connectivity index (χ4v) is 3.40. The molecule has 2 aliphatic rings. The molecule has 0 bridgehead atoms. The van der Waals surface area contributed by atoms with Crippen molar-refractivity contribution in [3.05, 3.63) is 34.9 Å². The van der Waals surface area contributed by atoms with Gasteiger partial charge in [0.05, 0.1) is 0 Å². The van der Waals surface area contributed by atoms with Crippen molar-refractivity contribution in [2.24, 2.45) is 0 Å². The molecule has 1 N–H and O–H groups in total. The summed E-state index contributed by atoms with van der Waals surface area (Å²) in [4.78, 5) is 13.8. The SMILES string of the molecule is CC(C)(C)OC(=O)N1CC=C(c2cc3c(cc2C(F)F)NCCC3)CC1. The molecule has 0 aliphatic carbocycles. The molecule has 0 fully saturated rings. The quantitative estimate of drug-likeness (QED) is 0.802. The zero-order chi connectivity index (χ0) is 18.9. The highest BCUT2D eigenvalue weighted by molar-refractivity contribution is 5.76. The maximum absolute atomic E-state index is 13.6. The van der Waals surface area contributed by atoms with Crippen molar-refractivity contribution in [2.75, 3.05) is 25.0 Å². The zero-order valence-corrected chi connectivity index (χ0v) is 15.6. The van der Waals surface area contributed by atoms with Crippen LogP contribution in [0.25, 0.3) is 5.57 Å². The van der Waals surface area contributed by atoms with Crippen molar-refractivity contribution in [3.63, 3.8) is 0 Å². The van der Waals surface area contributed by atoms with Crippen LogP contribution >= 0.6 is 0 Å². The summed E-state index contributed by atoms with van der Waals surface area (Å²) in [6.45, 7) is 7.15. The molecule has 2 aliphatic heterocycles. The van der Waals surface area contributed by atoms with Crippen LogP contribution in [0.1, 0.15) is 56.7 Å². The Balaban J connectivity index is 1.82. The second-order valence-corrected chi connectivity index (χ2v) is 7.83. The van der Waals surface area contributed by atoms with Crippen LogP contribution in [0, 0.1) is 0 Å². The molecule has 0 unspecified atom stereocenters. The van der Waals surface area contributed by atoms with Gasteiger partial charge in [0.25, 0.3) is 6.43 Å². The van der Waals surface area contributed by atoms with Crippen LogP contribution in [0.3, 0.4) is 0 Å². The Hall–Kier alpha value is -2.11. The third-order valence-corrected chi connectivity index (χ3v) is 4.66. The number of alkyl halides is 2. The second kappa shape index (κ2) is 7.25. The normalized spacial score (nSPS) is 17.5. The summed E-state index contributed by atoms with van der Waals surface area (Å²) in [5, 5.41) is 3.21. The molecule has 0 radical (unpaired) electrons. The Morgan fingerprint density at radius 3 is 2.65 bits per heavy atom. The fraction of sp³-hybridized carbons (Fsp3) is 0.550. The lowest BCUT2D eigenvalue weighted by molar-refractivity contribution is 0.0270. The van der Waals surface area contributed by atoms with Crippen LogP contribution < -0.4 is 5.32 Å². The van der Waals surface area contributed by atoms with Crippen molar-refractivity contribution in [1.29, 1.82) is 0 Å². The maximum Gasteiger partial charge on any atom is 0.410 e. The standard InChI is InChI=1S/C20H26F2N2O2/c1-20(2,3)26-19(25)24-9-6-13(7-10-24)15-11-14-5-4-8-23-17(14)12-16(15)18(21)22/h6,11-12,18,23H,4-5,7-10H2,1-3H3. The van der Waals surface area contributed by atoms with E-state index in [2.05, 4.69) is 5.32 Å². The Morgan fingerprint density at radius 1 is 1.27 bits per heavy atom. The minimum atomic E-state index is -2.52. The van der Waals surface area contributed by atoms with E-state index >= 15 is 0 Å². The van der Waals surface area contributed by atoms with E-state index in [0.717, 1.165) is 36.2 Å².